The van der Waals surface area contributed by atoms with E-state index in [9.17, 15) is 4.79 Å². The van der Waals surface area contributed by atoms with Crippen molar-refractivity contribution in [2.24, 2.45) is 0 Å². The summed E-state index contributed by atoms with van der Waals surface area (Å²) in [5.74, 6) is 1.26. The van der Waals surface area contributed by atoms with Crippen LogP contribution < -0.4 is 9.47 Å². The Balaban J connectivity index is 1.76. The molecule has 0 unspecified atom stereocenters. The van der Waals surface area contributed by atoms with Gasteiger partial charge in [0.05, 0.1) is 12.0 Å². The molecule has 6 heteroatoms. The summed E-state index contributed by atoms with van der Waals surface area (Å²) in [6.45, 7) is 3.14. The van der Waals surface area contributed by atoms with E-state index in [1.807, 2.05) is 61.5 Å². The first-order valence-corrected chi connectivity index (χ1v) is 9.95. The number of nitrogens with zero attached hydrogens (tertiary/aromatic N) is 1. The van der Waals surface area contributed by atoms with E-state index in [-0.39, 0.29) is 5.91 Å². The molecule has 1 heterocycles. The largest absolute Gasteiger partial charge is 0.493 e. The summed E-state index contributed by atoms with van der Waals surface area (Å²) in [5, 5.41) is 0. The smallest absolute Gasteiger partial charge is 0.266 e. The number of benzene rings is 2. The molecule has 1 fully saturated rings. The number of methoxy groups -OCH3 is 1. The normalized spacial score (nSPS) is 15.5. The Hall–Kier alpha value is -2.31. The lowest BCUT2D eigenvalue weighted by molar-refractivity contribution is -0.122. The third kappa shape index (κ3) is 4.70. The molecule has 0 aromatic heterocycles. The number of thioether (sulfide) groups is 1. The highest BCUT2D eigenvalue weighted by atomic mass is 32.2. The Morgan fingerprint density at radius 3 is 2.63 bits per heavy atom. The Labute approximate surface area is 169 Å². The van der Waals surface area contributed by atoms with Crippen LogP contribution in [0.4, 0.5) is 0 Å². The highest BCUT2D eigenvalue weighted by Crippen LogP contribution is 2.35. The van der Waals surface area contributed by atoms with Crippen molar-refractivity contribution in [2.45, 2.75) is 20.0 Å². The highest BCUT2D eigenvalue weighted by molar-refractivity contribution is 8.26. The van der Waals surface area contributed by atoms with Crippen molar-refractivity contribution in [1.82, 2.24) is 4.90 Å². The van der Waals surface area contributed by atoms with Crippen molar-refractivity contribution in [2.75, 3.05) is 13.7 Å². The molecule has 0 spiro atoms. The fourth-order valence-electron chi connectivity index (χ4n) is 2.70. The standard InChI is InChI=1S/C21H21NO3S2/c1-3-11-22-20(23)19(27-21(22)26)13-16-9-10-17(18(12-16)24-2)25-14-15-7-5-4-6-8-15/h4-10,12-13H,3,11,14H2,1-2H3/b19-13+. The van der Waals surface area contributed by atoms with Crippen molar-refractivity contribution in [3.05, 3.63) is 64.6 Å². The van der Waals surface area contributed by atoms with Crippen LogP contribution >= 0.6 is 24.0 Å². The van der Waals surface area contributed by atoms with Gasteiger partial charge >= 0.3 is 0 Å². The topological polar surface area (TPSA) is 38.8 Å². The molecule has 2 aromatic carbocycles. The molecule has 0 atom stereocenters. The Morgan fingerprint density at radius 1 is 1.15 bits per heavy atom. The zero-order chi connectivity index (χ0) is 19.2. The summed E-state index contributed by atoms with van der Waals surface area (Å²) in [5.41, 5.74) is 1.96. The fraction of sp³-hybridized carbons (Fsp3) is 0.238. The molecule has 0 radical (unpaired) electrons. The second-order valence-corrected chi connectivity index (χ2v) is 7.69. The molecule has 0 bridgehead atoms. The van der Waals surface area contributed by atoms with Gasteiger partial charge < -0.3 is 9.47 Å². The third-order valence-corrected chi connectivity index (χ3v) is 5.42. The fourth-order valence-corrected chi connectivity index (χ4v) is 4.00. The van der Waals surface area contributed by atoms with Gasteiger partial charge in [-0.25, -0.2) is 0 Å². The van der Waals surface area contributed by atoms with E-state index >= 15 is 0 Å². The van der Waals surface area contributed by atoms with E-state index in [0.29, 0.717) is 33.9 Å². The summed E-state index contributed by atoms with van der Waals surface area (Å²) in [7, 11) is 1.61. The molecule has 140 valence electrons. The summed E-state index contributed by atoms with van der Waals surface area (Å²) in [6, 6.07) is 15.6. The summed E-state index contributed by atoms with van der Waals surface area (Å²) in [4.78, 5) is 14.8. The van der Waals surface area contributed by atoms with Crippen LogP contribution in [0.25, 0.3) is 6.08 Å². The predicted octanol–water partition coefficient (Wildman–Crippen LogP) is 4.89. The van der Waals surface area contributed by atoms with Crippen LogP contribution in [0.1, 0.15) is 24.5 Å². The molecule has 1 aliphatic rings. The van der Waals surface area contributed by atoms with E-state index in [0.717, 1.165) is 17.5 Å². The van der Waals surface area contributed by atoms with Gasteiger partial charge in [-0.05, 0) is 35.8 Å². The minimum absolute atomic E-state index is 0.0322. The maximum absolute atomic E-state index is 12.5. The maximum Gasteiger partial charge on any atom is 0.266 e. The first-order valence-electron chi connectivity index (χ1n) is 8.72. The van der Waals surface area contributed by atoms with Gasteiger partial charge in [0.15, 0.2) is 11.5 Å². The van der Waals surface area contributed by atoms with E-state index < -0.39 is 0 Å². The molecule has 0 N–H and O–H groups in total. The molecule has 2 aromatic rings. The van der Waals surface area contributed by atoms with Crippen molar-refractivity contribution in [1.29, 1.82) is 0 Å². The van der Waals surface area contributed by atoms with Gasteiger partial charge in [-0.2, -0.15) is 0 Å². The lowest BCUT2D eigenvalue weighted by Gasteiger charge is -2.12. The molecule has 1 aliphatic heterocycles. The number of thiocarbonyl (C=S) groups is 1. The molecule has 27 heavy (non-hydrogen) atoms. The van der Waals surface area contributed by atoms with Gasteiger partial charge in [0.25, 0.3) is 5.91 Å². The number of hydrogen-bond donors (Lipinski definition) is 0. The number of ether oxygens (including phenoxy) is 2. The van der Waals surface area contributed by atoms with E-state index in [2.05, 4.69) is 0 Å². The van der Waals surface area contributed by atoms with Crippen LogP contribution in [0.15, 0.2) is 53.4 Å². The lowest BCUT2D eigenvalue weighted by atomic mass is 10.1. The SMILES string of the molecule is CCCN1C(=O)/C(=C\c2ccc(OCc3ccccc3)c(OC)c2)SC1=S. The van der Waals surface area contributed by atoms with Crippen LogP contribution in [0, 0.1) is 0 Å². The minimum atomic E-state index is -0.0322. The van der Waals surface area contributed by atoms with Crippen molar-refractivity contribution in [3.63, 3.8) is 0 Å². The van der Waals surface area contributed by atoms with Gasteiger partial charge in [0.1, 0.15) is 10.9 Å². The van der Waals surface area contributed by atoms with Crippen LogP contribution in [0.5, 0.6) is 11.5 Å². The summed E-state index contributed by atoms with van der Waals surface area (Å²) in [6.07, 6.45) is 2.72. The third-order valence-electron chi connectivity index (χ3n) is 4.04. The quantitative estimate of drug-likeness (QED) is 0.490. The Morgan fingerprint density at radius 2 is 1.93 bits per heavy atom. The molecule has 1 amide bonds. The van der Waals surface area contributed by atoms with E-state index in [4.69, 9.17) is 21.7 Å². The van der Waals surface area contributed by atoms with Gasteiger partial charge in [-0.1, -0.05) is 67.3 Å². The zero-order valence-corrected chi connectivity index (χ0v) is 16.9. The van der Waals surface area contributed by atoms with E-state index in [1.54, 1.807) is 12.0 Å². The molecular formula is C21H21NO3S2. The number of carbonyl (C=O) groups is 1. The molecular weight excluding hydrogens is 378 g/mol. The molecule has 0 aliphatic carbocycles. The van der Waals surface area contributed by atoms with Crippen molar-refractivity contribution in [3.8, 4) is 11.5 Å². The first kappa shape index (κ1) is 19.5. The Kier molecular flexibility index (Phi) is 6.53. The number of rotatable bonds is 7. The summed E-state index contributed by atoms with van der Waals surface area (Å²) < 4.78 is 12.0. The number of carbonyl (C=O) groups excluding carboxylic acids is 1. The highest BCUT2D eigenvalue weighted by Gasteiger charge is 2.31. The predicted molar refractivity (Wildman–Crippen MR) is 114 cm³/mol. The monoisotopic (exact) mass is 399 g/mol. The molecule has 3 rings (SSSR count). The van der Waals surface area contributed by atoms with Gasteiger partial charge in [-0.15, -0.1) is 0 Å². The van der Waals surface area contributed by atoms with Crippen LogP contribution in [-0.2, 0) is 11.4 Å². The van der Waals surface area contributed by atoms with Crippen molar-refractivity contribution >= 4 is 40.3 Å². The number of amides is 1. The average Bonchev–Trinajstić information content (AvgIpc) is 2.95. The maximum atomic E-state index is 12.5. The van der Waals surface area contributed by atoms with Crippen LogP contribution in [0.3, 0.4) is 0 Å². The van der Waals surface area contributed by atoms with Crippen molar-refractivity contribution < 1.29 is 14.3 Å². The van der Waals surface area contributed by atoms with Crippen LogP contribution in [-0.4, -0.2) is 28.8 Å². The number of hydrogen-bond acceptors (Lipinski definition) is 5. The minimum Gasteiger partial charge on any atom is -0.493 e. The van der Waals surface area contributed by atoms with Crippen LogP contribution in [0.2, 0.25) is 0 Å². The summed E-state index contributed by atoms with van der Waals surface area (Å²) >= 11 is 6.65. The lowest BCUT2D eigenvalue weighted by Crippen LogP contribution is -2.28. The first-order chi connectivity index (χ1) is 13.1. The van der Waals surface area contributed by atoms with Gasteiger partial charge in [0, 0.05) is 6.54 Å². The zero-order valence-electron chi connectivity index (χ0n) is 15.3. The van der Waals surface area contributed by atoms with E-state index in [1.165, 1.54) is 11.8 Å². The second-order valence-electron chi connectivity index (χ2n) is 6.02. The van der Waals surface area contributed by atoms with Gasteiger partial charge in [-0.3, -0.25) is 9.69 Å². The molecule has 1 saturated heterocycles. The Bertz CT molecular complexity index is 865. The molecule has 4 nitrogen and oxygen atoms in total. The molecule has 0 saturated carbocycles. The second kappa shape index (κ2) is 9.06. The average molecular weight is 400 g/mol. The van der Waals surface area contributed by atoms with Gasteiger partial charge in [0.2, 0.25) is 0 Å².